The summed E-state index contributed by atoms with van der Waals surface area (Å²) in [5.41, 5.74) is 3.58. The fourth-order valence-corrected chi connectivity index (χ4v) is 6.04. The van der Waals surface area contributed by atoms with Gasteiger partial charge in [0.2, 0.25) is 0 Å². The van der Waals surface area contributed by atoms with Gasteiger partial charge in [0.15, 0.2) is 6.10 Å². The van der Waals surface area contributed by atoms with E-state index in [2.05, 4.69) is 41.4 Å². The van der Waals surface area contributed by atoms with Crippen molar-refractivity contribution in [3.63, 3.8) is 0 Å². The second kappa shape index (κ2) is 12.3. The van der Waals surface area contributed by atoms with Crippen LogP contribution in [0.25, 0.3) is 0 Å². The molecule has 0 bridgehead atoms. The van der Waals surface area contributed by atoms with Crippen LogP contribution in [-0.2, 0) is 21.5 Å². The van der Waals surface area contributed by atoms with Crippen LogP contribution in [0.3, 0.4) is 0 Å². The van der Waals surface area contributed by atoms with Crippen LogP contribution in [-0.4, -0.2) is 51.7 Å². The van der Waals surface area contributed by atoms with Gasteiger partial charge in [-0.1, -0.05) is 103 Å². The summed E-state index contributed by atoms with van der Waals surface area (Å²) >= 11 is 0. The minimum Gasteiger partial charge on any atom is -0.497 e. The average molecular weight is 574 g/mol. The molecule has 2 N–H and O–H groups in total. The van der Waals surface area contributed by atoms with Gasteiger partial charge in [-0.3, -0.25) is 4.79 Å². The lowest BCUT2D eigenvalue weighted by molar-refractivity contribution is -0.174. The van der Waals surface area contributed by atoms with E-state index in [1.807, 2.05) is 85.8 Å². The molecular formula is C36H35N3O4. The maximum atomic E-state index is 13.7. The van der Waals surface area contributed by atoms with E-state index < -0.39 is 17.6 Å². The first-order valence-electron chi connectivity index (χ1n) is 14.5. The Morgan fingerprint density at radius 1 is 0.907 bits per heavy atom. The molecule has 1 aliphatic rings. The highest BCUT2D eigenvalue weighted by Gasteiger charge is 2.43. The molecular weight excluding hydrogens is 538 g/mol. The third-order valence-corrected chi connectivity index (χ3v) is 8.11. The van der Waals surface area contributed by atoms with E-state index >= 15 is 0 Å². The number of carbonyl (C=O) groups is 1. The molecule has 1 fully saturated rings. The maximum Gasteiger partial charge on any atom is 0.255 e. The molecule has 1 aromatic heterocycles. The molecule has 0 saturated carbocycles. The zero-order chi connectivity index (χ0) is 29.8. The van der Waals surface area contributed by atoms with Gasteiger partial charge in [-0.2, -0.15) is 0 Å². The number of aliphatic hydroxyl groups is 1. The summed E-state index contributed by atoms with van der Waals surface area (Å²) < 4.78 is 11.3. The summed E-state index contributed by atoms with van der Waals surface area (Å²) in [7, 11) is 1.62. The van der Waals surface area contributed by atoms with Crippen molar-refractivity contribution in [3.05, 3.63) is 155 Å². The summed E-state index contributed by atoms with van der Waals surface area (Å²) in [6.45, 7) is 2.75. The molecule has 7 heteroatoms. The molecule has 2 unspecified atom stereocenters. The lowest BCUT2D eigenvalue weighted by Crippen LogP contribution is -2.52. The summed E-state index contributed by atoms with van der Waals surface area (Å²) in [6, 6.07) is 38.2. The summed E-state index contributed by atoms with van der Waals surface area (Å²) in [5, 5.41) is 11.6. The van der Waals surface area contributed by atoms with Gasteiger partial charge in [0.1, 0.15) is 23.1 Å². The number of ether oxygens (including phenoxy) is 2. The SMILES string of the molecule is COc1ccc(CN2C[C@H](C)OC(C(O)c3c[nH]c(C(c4ccccc4)(c4ccccc4)c4ccccc4)n3)C2=O)cc1. The molecule has 0 spiro atoms. The fourth-order valence-electron chi connectivity index (χ4n) is 6.04. The first kappa shape index (κ1) is 28.4. The molecule has 1 saturated heterocycles. The van der Waals surface area contributed by atoms with Crippen molar-refractivity contribution in [1.82, 2.24) is 14.9 Å². The van der Waals surface area contributed by atoms with E-state index in [-0.39, 0.29) is 12.0 Å². The van der Waals surface area contributed by atoms with E-state index in [9.17, 15) is 9.90 Å². The Morgan fingerprint density at radius 3 is 1.95 bits per heavy atom. The van der Waals surface area contributed by atoms with Gasteiger partial charge in [0, 0.05) is 19.3 Å². The number of amides is 1. The molecule has 1 aliphatic heterocycles. The normalized spacial score (nSPS) is 17.9. The average Bonchev–Trinajstić information content (AvgIpc) is 3.55. The predicted molar refractivity (Wildman–Crippen MR) is 165 cm³/mol. The molecule has 0 aliphatic carbocycles. The van der Waals surface area contributed by atoms with Crippen LogP contribution in [0.15, 0.2) is 121 Å². The Hall–Kier alpha value is -4.72. The molecule has 2 heterocycles. The lowest BCUT2D eigenvalue weighted by Gasteiger charge is -2.38. The predicted octanol–water partition coefficient (Wildman–Crippen LogP) is 5.65. The van der Waals surface area contributed by atoms with Gasteiger partial charge < -0.3 is 24.5 Å². The Balaban J connectivity index is 1.37. The van der Waals surface area contributed by atoms with Gasteiger partial charge in [-0.15, -0.1) is 0 Å². The first-order chi connectivity index (χ1) is 21.0. The van der Waals surface area contributed by atoms with Gasteiger partial charge >= 0.3 is 0 Å². The quantitative estimate of drug-likeness (QED) is 0.223. The van der Waals surface area contributed by atoms with Crippen molar-refractivity contribution in [3.8, 4) is 5.75 Å². The maximum absolute atomic E-state index is 13.7. The van der Waals surface area contributed by atoms with Gasteiger partial charge in [-0.25, -0.2) is 4.98 Å². The molecule has 7 nitrogen and oxygen atoms in total. The Bertz CT molecular complexity index is 1540. The molecule has 43 heavy (non-hydrogen) atoms. The third kappa shape index (κ3) is 5.45. The molecule has 1 amide bonds. The van der Waals surface area contributed by atoms with Crippen molar-refractivity contribution in [2.75, 3.05) is 13.7 Å². The van der Waals surface area contributed by atoms with E-state index in [1.54, 1.807) is 18.2 Å². The molecule has 218 valence electrons. The highest BCUT2D eigenvalue weighted by Crippen LogP contribution is 2.44. The van der Waals surface area contributed by atoms with Crippen LogP contribution < -0.4 is 4.74 Å². The topological polar surface area (TPSA) is 87.7 Å². The second-order valence-corrected chi connectivity index (χ2v) is 10.9. The number of methoxy groups -OCH3 is 1. The van der Waals surface area contributed by atoms with Crippen LogP contribution in [0.4, 0.5) is 0 Å². The fraction of sp³-hybridized carbons (Fsp3) is 0.222. The number of morpholine rings is 1. The molecule has 3 atom stereocenters. The Morgan fingerprint density at radius 2 is 1.44 bits per heavy atom. The van der Waals surface area contributed by atoms with Crippen molar-refractivity contribution >= 4 is 5.91 Å². The number of aliphatic hydroxyl groups excluding tert-OH is 1. The van der Waals surface area contributed by atoms with Crippen LogP contribution in [0, 0.1) is 0 Å². The van der Waals surface area contributed by atoms with Crippen molar-refractivity contribution in [1.29, 1.82) is 0 Å². The van der Waals surface area contributed by atoms with E-state index in [0.717, 1.165) is 28.0 Å². The van der Waals surface area contributed by atoms with Gasteiger partial charge in [0.05, 0.1) is 18.9 Å². The van der Waals surface area contributed by atoms with E-state index in [1.165, 1.54) is 0 Å². The Labute approximate surface area is 251 Å². The number of aromatic nitrogens is 2. The number of hydrogen-bond acceptors (Lipinski definition) is 5. The number of hydrogen-bond donors (Lipinski definition) is 2. The zero-order valence-electron chi connectivity index (χ0n) is 24.3. The first-order valence-corrected chi connectivity index (χ1v) is 14.5. The standard InChI is InChI=1S/C36H35N3O4/c1-25-23-39(24-26-18-20-30(42-2)21-19-26)34(41)33(43-25)32(40)31-22-37-35(38-31)36(27-12-6-3-7-13-27,28-14-8-4-9-15-28)29-16-10-5-11-17-29/h3-22,25,32-33,40H,23-24H2,1-2H3,(H,37,38)/t25-,32?,33?/m0/s1. The largest absolute Gasteiger partial charge is 0.497 e. The molecule has 4 aromatic carbocycles. The molecule has 5 aromatic rings. The monoisotopic (exact) mass is 573 g/mol. The van der Waals surface area contributed by atoms with Crippen LogP contribution in [0.5, 0.6) is 5.75 Å². The summed E-state index contributed by atoms with van der Waals surface area (Å²) in [5.74, 6) is 1.12. The Kier molecular flexibility index (Phi) is 8.09. The number of imidazole rings is 1. The minimum atomic E-state index is -1.27. The van der Waals surface area contributed by atoms with Crippen LogP contribution in [0.1, 0.15) is 46.8 Å². The number of benzene rings is 4. The number of carbonyl (C=O) groups excluding carboxylic acids is 1. The smallest absolute Gasteiger partial charge is 0.255 e. The van der Waals surface area contributed by atoms with Gasteiger partial charge in [-0.05, 0) is 41.3 Å². The summed E-state index contributed by atoms with van der Waals surface area (Å²) in [4.78, 5) is 23.8. The highest BCUT2D eigenvalue weighted by molar-refractivity contribution is 5.82. The van der Waals surface area contributed by atoms with Crippen LogP contribution in [0.2, 0.25) is 0 Å². The van der Waals surface area contributed by atoms with Gasteiger partial charge in [0.25, 0.3) is 5.91 Å². The molecule has 6 rings (SSSR count). The van der Waals surface area contributed by atoms with E-state index in [4.69, 9.17) is 14.5 Å². The van der Waals surface area contributed by atoms with Crippen molar-refractivity contribution < 1.29 is 19.4 Å². The zero-order valence-corrected chi connectivity index (χ0v) is 24.3. The number of nitrogens with zero attached hydrogens (tertiary/aromatic N) is 2. The second-order valence-electron chi connectivity index (χ2n) is 10.9. The molecule has 0 radical (unpaired) electrons. The third-order valence-electron chi connectivity index (χ3n) is 8.11. The number of rotatable bonds is 9. The van der Waals surface area contributed by atoms with E-state index in [0.29, 0.717) is 24.6 Å². The number of aromatic amines is 1. The lowest BCUT2D eigenvalue weighted by atomic mass is 9.69. The number of H-pyrrole nitrogens is 1. The number of nitrogens with one attached hydrogen (secondary N) is 1. The minimum absolute atomic E-state index is 0.258. The van der Waals surface area contributed by atoms with Crippen LogP contribution >= 0.6 is 0 Å². The van der Waals surface area contributed by atoms with Crippen molar-refractivity contribution in [2.24, 2.45) is 0 Å². The summed E-state index contributed by atoms with van der Waals surface area (Å²) in [6.07, 6.45) is -0.921. The highest BCUT2D eigenvalue weighted by atomic mass is 16.5. The van der Waals surface area contributed by atoms with Crippen molar-refractivity contribution in [2.45, 2.75) is 37.2 Å².